The molecule has 4 rings (SSSR count). The lowest BCUT2D eigenvalue weighted by Crippen LogP contribution is -2.22. The number of hydrogen-bond acceptors (Lipinski definition) is 3. The Morgan fingerprint density at radius 3 is 2.54 bits per heavy atom. The molecule has 1 saturated carbocycles. The van der Waals surface area contributed by atoms with Crippen molar-refractivity contribution in [3.05, 3.63) is 64.6 Å². The van der Waals surface area contributed by atoms with Crippen molar-refractivity contribution in [2.45, 2.75) is 43.0 Å². The molecule has 1 aliphatic carbocycles. The Morgan fingerprint density at radius 1 is 0.958 bits per heavy atom. The van der Waals surface area contributed by atoms with Gasteiger partial charge in [0.05, 0.1) is 4.91 Å². The highest BCUT2D eigenvalue weighted by Gasteiger charge is 2.25. The van der Waals surface area contributed by atoms with Gasteiger partial charge in [-0.25, -0.2) is 0 Å². The monoisotopic (exact) mass is 335 g/mol. The highest BCUT2D eigenvalue weighted by Crippen LogP contribution is 2.41. The van der Waals surface area contributed by atoms with Crippen LogP contribution in [0.3, 0.4) is 0 Å². The largest absolute Gasteiger partial charge is 0.382 e. The molecule has 2 aromatic carbocycles. The lowest BCUT2D eigenvalue weighted by molar-refractivity contribution is 0.104. The van der Waals surface area contributed by atoms with E-state index in [2.05, 4.69) is 23.5 Å². The van der Waals surface area contributed by atoms with Crippen LogP contribution in [0.5, 0.6) is 0 Å². The van der Waals surface area contributed by atoms with Crippen LogP contribution in [0.1, 0.15) is 48.0 Å². The third-order valence-electron chi connectivity index (χ3n) is 4.79. The summed E-state index contributed by atoms with van der Waals surface area (Å²) in [5.74, 6) is 0.142. The molecule has 0 saturated heterocycles. The van der Waals surface area contributed by atoms with Crippen LogP contribution < -0.4 is 5.32 Å². The number of rotatable bonds is 3. The van der Waals surface area contributed by atoms with Crippen molar-refractivity contribution in [2.24, 2.45) is 0 Å². The molecule has 1 fully saturated rings. The third kappa shape index (κ3) is 3.13. The summed E-state index contributed by atoms with van der Waals surface area (Å²) in [5.41, 5.74) is 3.07. The first kappa shape index (κ1) is 15.5. The highest BCUT2D eigenvalue weighted by atomic mass is 32.2. The average Bonchev–Trinajstić information content (AvgIpc) is 2.94. The molecule has 1 heterocycles. The van der Waals surface area contributed by atoms with Crippen LogP contribution in [0.2, 0.25) is 0 Å². The zero-order chi connectivity index (χ0) is 16.4. The molecule has 122 valence electrons. The van der Waals surface area contributed by atoms with Gasteiger partial charge in [0.2, 0.25) is 5.78 Å². The molecule has 2 aliphatic rings. The molecule has 24 heavy (non-hydrogen) atoms. The number of carbonyl (C=O) groups excluding carboxylic acids is 1. The Morgan fingerprint density at radius 2 is 1.71 bits per heavy atom. The number of thioether (sulfide) groups is 1. The van der Waals surface area contributed by atoms with Crippen LogP contribution in [0.25, 0.3) is 6.08 Å². The minimum atomic E-state index is 0.142. The fourth-order valence-corrected chi connectivity index (χ4v) is 4.54. The van der Waals surface area contributed by atoms with E-state index in [1.165, 1.54) is 32.1 Å². The first-order valence-electron chi connectivity index (χ1n) is 8.70. The predicted molar refractivity (Wildman–Crippen MR) is 102 cm³/mol. The molecule has 1 aliphatic heterocycles. The molecular weight excluding hydrogens is 314 g/mol. The molecular formula is C21H21NOS. The number of carbonyl (C=O) groups is 1. The van der Waals surface area contributed by atoms with E-state index in [1.807, 2.05) is 36.4 Å². The second kappa shape index (κ2) is 6.86. The fourth-order valence-electron chi connectivity index (χ4n) is 3.50. The molecule has 0 bridgehead atoms. The summed E-state index contributed by atoms with van der Waals surface area (Å²) in [6, 6.07) is 16.7. The number of Topliss-reactive ketones (excluding diaryl/α,β-unsaturated/α-hetero) is 1. The second-order valence-electron chi connectivity index (χ2n) is 6.50. The molecule has 3 heteroatoms. The number of allylic oxidation sites excluding steroid dienone is 1. The summed E-state index contributed by atoms with van der Waals surface area (Å²) in [5, 5.41) is 3.69. The summed E-state index contributed by atoms with van der Waals surface area (Å²) >= 11 is 1.58. The number of fused-ring (bicyclic) bond motifs is 1. The Bertz CT molecular complexity index is 790. The lowest BCUT2D eigenvalue weighted by atomic mass is 9.95. The SMILES string of the molecule is O=C1C(=Cc2ccccc2NC2CCCCC2)Sc2ccccc21. The van der Waals surface area contributed by atoms with Gasteiger partial charge in [0, 0.05) is 22.2 Å². The van der Waals surface area contributed by atoms with E-state index >= 15 is 0 Å². The molecule has 0 amide bonds. The summed E-state index contributed by atoms with van der Waals surface area (Å²) in [6.07, 6.45) is 8.49. The third-order valence-corrected chi connectivity index (χ3v) is 5.89. The van der Waals surface area contributed by atoms with E-state index in [1.54, 1.807) is 11.8 Å². The van der Waals surface area contributed by atoms with Gasteiger partial charge in [-0.15, -0.1) is 0 Å². The maximum absolute atomic E-state index is 12.6. The van der Waals surface area contributed by atoms with Gasteiger partial charge in [-0.1, -0.05) is 61.4 Å². The standard InChI is InChI=1S/C21H21NOS/c23-21-17-11-5-7-13-19(17)24-20(21)14-15-8-4-6-12-18(15)22-16-9-2-1-3-10-16/h4-8,11-14,16,22H,1-3,9-10H2. The maximum Gasteiger partial charge on any atom is 0.200 e. The molecule has 0 radical (unpaired) electrons. The average molecular weight is 335 g/mol. The summed E-state index contributed by atoms with van der Waals surface area (Å²) in [7, 11) is 0. The smallest absolute Gasteiger partial charge is 0.200 e. The van der Waals surface area contributed by atoms with Crippen LogP contribution in [0, 0.1) is 0 Å². The Kier molecular flexibility index (Phi) is 4.44. The predicted octanol–water partition coefficient (Wildman–Crippen LogP) is 5.76. The van der Waals surface area contributed by atoms with Crippen molar-refractivity contribution >= 4 is 29.3 Å². The van der Waals surface area contributed by atoms with Crippen LogP contribution in [-0.2, 0) is 0 Å². The zero-order valence-electron chi connectivity index (χ0n) is 13.6. The van der Waals surface area contributed by atoms with Gasteiger partial charge in [0.1, 0.15) is 0 Å². The molecule has 2 aromatic rings. The van der Waals surface area contributed by atoms with Crippen molar-refractivity contribution in [1.29, 1.82) is 0 Å². The maximum atomic E-state index is 12.6. The number of para-hydroxylation sites is 1. The Labute approximate surface area is 147 Å². The molecule has 0 atom stereocenters. The quantitative estimate of drug-likeness (QED) is 0.723. The van der Waals surface area contributed by atoms with Crippen LogP contribution in [-0.4, -0.2) is 11.8 Å². The van der Waals surface area contributed by atoms with Crippen molar-refractivity contribution in [1.82, 2.24) is 0 Å². The van der Waals surface area contributed by atoms with E-state index in [4.69, 9.17) is 0 Å². The number of benzene rings is 2. The van der Waals surface area contributed by atoms with E-state index in [0.29, 0.717) is 6.04 Å². The van der Waals surface area contributed by atoms with Gasteiger partial charge in [0.15, 0.2) is 0 Å². The van der Waals surface area contributed by atoms with Gasteiger partial charge in [-0.3, -0.25) is 4.79 Å². The van der Waals surface area contributed by atoms with E-state index in [-0.39, 0.29) is 5.78 Å². The normalized spacial score (nSPS) is 19.5. The van der Waals surface area contributed by atoms with Crippen LogP contribution in [0.15, 0.2) is 58.3 Å². The summed E-state index contributed by atoms with van der Waals surface area (Å²) in [4.78, 5) is 14.5. The van der Waals surface area contributed by atoms with Crippen molar-refractivity contribution in [3.8, 4) is 0 Å². The number of nitrogens with one attached hydrogen (secondary N) is 1. The fraction of sp³-hybridized carbons (Fsp3) is 0.286. The molecule has 0 spiro atoms. The van der Waals surface area contributed by atoms with Gasteiger partial charge in [-0.05, 0) is 42.7 Å². The zero-order valence-corrected chi connectivity index (χ0v) is 14.4. The Balaban J connectivity index is 1.60. The van der Waals surface area contributed by atoms with E-state index in [0.717, 1.165) is 26.6 Å². The first-order chi connectivity index (χ1) is 11.8. The highest BCUT2D eigenvalue weighted by molar-refractivity contribution is 8.04. The molecule has 0 aromatic heterocycles. The summed E-state index contributed by atoms with van der Waals surface area (Å²) < 4.78 is 0. The summed E-state index contributed by atoms with van der Waals surface area (Å²) in [6.45, 7) is 0. The first-order valence-corrected chi connectivity index (χ1v) is 9.52. The van der Waals surface area contributed by atoms with Gasteiger partial charge in [0.25, 0.3) is 0 Å². The Hall–Kier alpha value is -2.00. The van der Waals surface area contributed by atoms with Gasteiger partial charge < -0.3 is 5.32 Å². The number of hydrogen-bond donors (Lipinski definition) is 1. The van der Waals surface area contributed by atoms with Crippen LogP contribution >= 0.6 is 11.8 Å². The van der Waals surface area contributed by atoms with E-state index in [9.17, 15) is 4.79 Å². The van der Waals surface area contributed by atoms with Crippen LogP contribution in [0.4, 0.5) is 5.69 Å². The van der Waals surface area contributed by atoms with Crippen molar-refractivity contribution in [3.63, 3.8) is 0 Å². The molecule has 0 unspecified atom stereocenters. The van der Waals surface area contributed by atoms with Crippen molar-refractivity contribution in [2.75, 3.05) is 5.32 Å². The minimum Gasteiger partial charge on any atom is -0.382 e. The van der Waals surface area contributed by atoms with Gasteiger partial charge >= 0.3 is 0 Å². The lowest BCUT2D eigenvalue weighted by Gasteiger charge is -2.24. The minimum absolute atomic E-state index is 0.142. The number of anilines is 1. The number of ketones is 1. The molecule has 2 nitrogen and oxygen atoms in total. The van der Waals surface area contributed by atoms with E-state index < -0.39 is 0 Å². The van der Waals surface area contributed by atoms with Gasteiger partial charge in [-0.2, -0.15) is 0 Å². The topological polar surface area (TPSA) is 29.1 Å². The molecule has 1 N–H and O–H groups in total. The second-order valence-corrected chi connectivity index (χ2v) is 7.59. The van der Waals surface area contributed by atoms with Crippen molar-refractivity contribution < 1.29 is 4.79 Å².